The van der Waals surface area contributed by atoms with Crippen molar-refractivity contribution in [2.75, 3.05) is 13.6 Å². The molecule has 0 aromatic carbocycles. The molecule has 1 amide bonds. The van der Waals surface area contributed by atoms with E-state index in [0.717, 1.165) is 18.9 Å². The summed E-state index contributed by atoms with van der Waals surface area (Å²) in [5, 5.41) is 6.12. The van der Waals surface area contributed by atoms with Crippen molar-refractivity contribution in [3.8, 4) is 0 Å². The number of hydrogen-bond donors (Lipinski definition) is 2. The summed E-state index contributed by atoms with van der Waals surface area (Å²) >= 11 is 0. The SMILES string of the molecule is CNC(C)CNC(=O)C(C)CC1CCCC1. The van der Waals surface area contributed by atoms with Gasteiger partial charge in [-0.3, -0.25) is 4.79 Å². The first-order valence-corrected chi connectivity index (χ1v) is 6.58. The fourth-order valence-electron chi connectivity index (χ4n) is 2.38. The number of likely N-dealkylation sites (N-methyl/N-ethyl adjacent to an activating group) is 1. The van der Waals surface area contributed by atoms with E-state index in [1.165, 1.54) is 25.7 Å². The lowest BCUT2D eigenvalue weighted by Gasteiger charge is -2.17. The van der Waals surface area contributed by atoms with Crippen LogP contribution in [-0.4, -0.2) is 25.5 Å². The molecule has 0 heterocycles. The molecule has 1 rings (SSSR count). The summed E-state index contributed by atoms with van der Waals surface area (Å²) in [6, 6.07) is 0.350. The molecule has 0 aromatic heterocycles. The van der Waals surface area contributed by atoms with E-state index in [9.17, 15) is 4.79 Å². The monoisotopic (exact) mass is 226 g/mol. The lowest BCUT2D eigenvalue weighted by atomic mass is 9.94. The Balaban J connectivity index is 2.19. The number of nitrogens with one attached hydrogen (secondary N) is 2. The molecule has 0 spiro atoms. The highest BCUT2D eigenvalue weighted by atomic mass is 16.1. The molecule has 3 nitrogen and oxygen atoms in total. The lowest BCUT2D eigenvalue weighted by Crippen LogP contribution is -2.39. The van der Waals surface area contributed by atoms with Crippen LogP contribution in [0.1, 0.15) is 46.0 Å². The van der Waals surface area contributed by atoms with Crippen molar-refractivity contribution >= 4 is 5.91 Å². The topological polar surface area (TPSA) is 41.1 Å². The van der Waals surface area contributed by atoms with Crippen molar-refractivity contribution < 1.29 is 4.79 Å². The van der Waals surface area contributed by atoms with Crippen LogP contribution in [0, 0.1) is 11.8 Å². The molecule has 94 valence electrons. The van der Waals surface area contributed by atoms with Gasteiger partial charge >= 0.3 is 0 Å². The highest BCUT2D eigenvalue weighted by Gasteiger charge is 2.21. The maximum atomic E-state index is 11.8. The van der Waals surface area contributed by atoms with E-state index in [0.29, 0.717) is 6.04 Å². The average molecular weight is 226 g/mol. The smallest absolute Gasteiger partial charge is 0.222 e. The second kappa shape index (κ2) is 6.89. The van der Waals surface area contributed by atoms with Crippen LogP contribution >= 0.6 is 0 Å². The Kier molecular flexibility index (Phi) is 5.81. The van der Waals surface area contributed by atoms with Gasteiger partial charge in [-0.05, 0) is 26.3 Å². The average Bonchev–Trinajstić information content (AvgIpc) is 2.77. The summed E-state index contributed by atoms with van der Waals surface area (Å²) < 4.78 is 0. The third-order valence-electron chi connectivity index (χ3n) is 3.68. The first-order valence-electron chi connectivity index (χ1n) is 6.58. The number of amides is 1. The molecule has 1 aliphatic rings. The van der Waals surface area contributed by atoms with E-state index in [4.69, 9.17) is 0 Å². The second-order valence-corrected chi connectivity index (χ2v) is 5.22. The summed E-state index contributed by atoms with van der Waals surface area (Å²) in [5.74, 6) is 1.18. The zero-order valence-electron chi connectivity index (χ0n) is 10.9. The van der Waals surface area contributed by atoms with Gasteiger partial charge in [0.1, 0.15) is 0 Å². The van der Waals surface area contributed by atoms with Gasteiger partial charge in [0.15, 0.2) is 0 Å². The maximum Gasteiger partial charge on any atom is 0.222 e. The number of carbonyl (C=O) groups is 1. The Labute approximate surface area is 99.4 Å². The molecule has 2 atom stereocenters. The first-order chi connectivity index (χ1) is 7.63. The molecule has 1 fully saturated rings. The Morgan fingerprint density at radius 2 is 1.94 bits per heavy atom. The first kappa shape index (κ1) is 13.5. The Morgan fingerprint density at radius 3 is 2.50 bits per heavy atom. The van der Waals surface area contributed by atoms with Gasteiger partial charge in [0.05, 0.1) is 0 Å². The van der Waals surface area contributed by atoms with Crippen molar-refractivity contribution in [2.24, 2.45) is 11.8 Å². The van der Waals surface area contributed by atoms with Crippen LogP contribution in [0.2, 0.25) is 0 Å². The third-order valence-corrected chi connectivity index (χ3v) is 3.68. The van der Waals surface area contributed by atoms with Crippen molar-refractivity contribution in [2.45, 2.75) is 52.0 Å². The molecule has 2 N–H and O–H groups in total. The largest absolute Gasteiger partial charge is 0.354 e. The van der Waals surface area contributed by atoms with Crippen molar-refractivity contribution in [1.29, 1.82) is 0 Å². The molecular formula is C13H26N2O. The fraction of sp³-hybridized carbons (Fsp3) is 0.923. The maximum absolute atomic E-state index is 11.8. The molecule has 16 heavy (non-hydrogen) atoms. The summed E-state index contributed by atoms with van der Waals surface area (Å²) in [5.41, 5.74) is 0. The molecule has 0 aliphatic heterocycles. The van der Waals surface area contributed by atoms with Gasteiger partial charge in [-0.2, -0.15) is 0 Å². The van der Waals surface area contributed by atoms with Crippen LogP contribution in [0.5, 0.6) is 0 Å². The highest BCUT2D eigenvalue weighted by Crippen LogP contribution is 2.30. The van der Waals surface area contributed by atoms with Crippen LogP contribution in [0.4, 0.5) is 0 Å². The molecule has 2 unspecified atom stereocenters. The number of carbonyl (C=O) groups excluding carboxylic acids is 1. The van der Waals surface area contributed by atoms with Gasteiger partial charge in [-0.15, -0.1) is 0 Å². The van der Waals surface area contributed by atoms with E-state index in [-0.39, 0.29) is 11.8 Å². The molecular weight excluding hydrogens is 200 g/mol. The summed E-state index contributed by atoms with van der Waals surface area (Å²) in [6.45, 7) is 4.85. The van der Waals surface area contributed by atoms with E-state index in [2.05, 4.69) is 24.5 Å². The van der Waals surface area contributed by atoms with Crippen LogP contribution < -0.4 is 10.6 Å². The molecule has 1 saturated carbocycles. The van der Waals surface area contributed by atoms with Crippen LogP contribution in [0.3, 0.4) is 0 Å². The standard InChI is InChI=1S/C13H26N2O/c1-10(8-12-6-4-5-7-12)13(16)15-9-11(2)14-3/h10-12,14H,4-9H2,1-3H3,(H,15,16). The minimum atomic E-state index is 0.173. The van der Waals surface area contributed by atoms with Gasteiger partial charge in [-0.1, -0.05) is 32.6 Å². The lowest BCUT2D eigenvalue weighted by molar-refractivity contribution is -0.125. The zero-order chi connectivity index (χ0) is 12.0. The Morgan fingerprint density at radius 1 is 1.31 bits per heavy atom. The molecule has 0 radical (unpaired) electrons. The minimum absolute atomic E-state index is 0.173. The zero-order valence-corrected chi connectivity index (χ0v) is 10.9. The predicted molar refractivity (Wildman–Crippen MR) is 67.3 cm³/mol. The van der Waals surface area contributed by atoms with Crippen LogP contribution in [0.25, 0.3) is 0 Å². The molecule has 3 heteroatoms. The summed E-state index contributed by atoms with van der Waals surface area (Å²) in [7, 11) is 1.92. The van der Waals surface area contributed by atoms with Gasteiger partial charge < -0.3 is 10.6 Å². The molecule has 0 saturated heterocycles. The van der Waals surface area contributed by atoms with Gasteiger partial charge in [-0.25, -0.2) is 0 Å². The summed E-state index contributed by atoms with van der Waals surface area (Å²) in [4.78, 5) is 11.8. The predicted octanol–water partition coefficient (Wildman–Crippen LogP) is 1.93. The van der Waals surface area contributed by atoms with E-state index >= 15 is 0 Å². The number of rotatable bonds is 6. The van der Waals surface area contributed by atoms with E-state index < -0.39 is 0 Å². The highest BCUT2D eigenvalue weighted by molar-refractivity contribution is 5.78. The second-order valence-electron chi connectivity index (χ2n) is 5.22. The molecule has 0 aromatic rings. The van der Waals surface area contributed by atoms with Crippen LogP contribution in [0.15, 0.2) is 0 Å². The van der Waals surface area contributed by atoms with E-state index in [1.807, 2.05) is 7.05 Å². The van der Waals surface area contributed by atoms with Gasteiger partial charge in [0, 0.05) is 18.5 Å². The Hall–Kier alpha value is -0.570. The summed E-state index contributed by atoms with van der Waals surface area (Å²) in [6.07, 6.45) is 6.43. The molecule has 1 aliphatic carbocycles. The fourth-order valence-corrected chi connectivity index (χ4v) is 2.38. The van der Waals surface area contributed by atoms with Crippen molar-refractivity contribution in [3.63, 3.8) is 0 Å². The third kappa shape index (κ3) is 4.52. The quantitative estimate of drug-likeness (QED) is 0.726. The normalized spacial score (nSPS) is 20.7. The molecule has 0 bridgehead atoms. The van der Waals surface area contributed by atoms with Gasteiger partial charge in [0.2, 0.25) is 5.91 Å². The number of hydrogen-bond acceptors (Lipinski definition) is 2. The minimum Gasteiger partial charge on any atom is -0.354 e. The van der Waals surface area contributed by atoms with Gasteiger partial charge in [0.25, 0.3) is 0 Å². The van der Waals surface area contributed by atoms with E-state index in [1.54, 1.807) is 0 Å². The van der Waals surface area contributed by atoms with Crippen molar-refractivity contribution in [1.82, 2.24) is 10.6 Å². The Bertz CT molecular complexity index is 212. The van der Waals surface area contributed by atoms with Crippen molar-refractivity contribution in [3.05, 3.63) is 0 Å². The van der Waals surface area contributed by atoms with Crippen LogP contribution in [-0.2, 0) is 4.79 Å².